The van der Waals surface area contributed by atoms with Crippen LogP contribution in [0.25, 0.3) is 0 Å². The van der Waals surface area contributed by atoms with Crippen molar-refractivity contribution >= 4 is 11.6 Å². The predicted molar refractivity (Wildman–Crippen MR) is 105 cm³/mol. The Morgan fingerprint density at radius 2 is 2.22 bits per heavy atom. The van der Waals surface area contributed by atoms with Gasteiger partial charge in [0.25, 0.3) is 0 Å². The maximum atomic E-state index is 9.77. The van der Waals surface area contributed by atoms with Crippen molar-refractivity contribution in [1.82, 2.24) is 9.88 Å². The van der Waals surface area contributed by atoms with E-state index in [0.717, 1.165) is 55.2 Å². The molecule has 1 aliphatic heterocycles. The van der Waals surface area contributed by atoms with Crippen LogP contribution in [0.2, 0.25) is 0 Å². The Bertz CT molecular complexity index is 783. The van der Waals surface area contributed by atoms with E-state index in [1.54, 1.807) is 13.4 Å². The fourth-order valence-electron chi connectivity index (χ4n) is 3.36. The molecule has 0 spiro atoms. The molecule has 0 saturated carbocycles. The van der Waals surface area contributed by atoms with Crippen molar-refractivity contribution in [3.63, 3.8) is 0 Å². The van der Waals surface area contributed by atoms with Crippen molar-refractivity contribution in [3.8, 4) is 6.07 Å². The first-order valence-corrected chi connectivity index (χ1v) is 9.44. The van der Waals surface area contributed by atoms with Gasteiger partial charge in [-0.15, -0.1) is 0 Å². The summed E-state index contributed by atoms with van der Waals surface area (Å²) in [5.74, 6) is 2.33. The lowest BCUT2D eigenvalue weighted by Crippen LogP contribution is -2.32. The molecule has 0 unspecified atom stereocenters. The molecule has 1 aliphatic rings. The number of pyridine rings is 1. The molecule has 3 heterocycles. The average Bonchev–Trinajstić information content (AvgIpc) is 3.22. The highest BCUT2D eigenvalue weighted by atomic mass is 16.5. The molecule has 144 valence electrons. The van der Waals surface area contributed by atoms with Crippen LogP contribution in [0.15, 0.2) is 22.8 Å². The quantitative estimate of drug-likeness (QED) is 0.657. The molecule has 0 bridgehead atoms. The summed E-state index contributed by atoms with van der Waals surface area (Å²) < 4.78 is 10.5. The first-order valence-electron chi connectivity index (χ1n) is 9.44. The fraction of sp³-hybridized carbons (Fsp3) is 0.500. The highest BCUT2D eigenvalue weighted by Gasteiger charge is 2.25. The topological polar surface area (TPSA) is 86.4 Å². The number of nitrogens with one attached hydrogen (secondary N) is 2. The van der Waals surface area contributed by atoms with Crippen molar-refractivity contribution in [1.29, 1.82) is 5.26 Å². The SMILES string of the molecule is CCN1CCc2c(C#N)c(NCCCOC)nc(NCc3ccco3)c2C1. The number of hydrogen-bond acceptors (Lipinski definition) is 7. The average molecular weight is 369 g/mol. The van der Waals surface area contributed by atoms with Gasteiger partial charge >= 0.3 is 0 Å². The number of nitriles is 1. The monoisotopic (exact) mass is 369 g/mol. The van der Waals surface area contributed by atoms with Gasteiger partial charge in [-0.2, -0.15) is 5.26 Å². The minimum absolute atomic E-state index is 0.563. The third kappa shape index (κ3) is 4.59. The van der Waals surface area contributed by atoms with Gasteiger partial charge in [-0.1, -0.05) is 6.92 Å². The largest absolute Gasteiger partial charge is 0.467 e. The third-order valence-electron chi connectivity index (χ3n) is 4.86. The number of hydrogen-bond donors (Lipinski definition) is 2. The van der Waals surface area contributed by atoms with Crippen LogP contribution < -0.4 is 10.6 Å². The Labute approximate surface area is 160 Å². The van der Waals surface area contributed by atoms with E-state index in [4.69, 9.17) is 14.1 Å². The van der Waals surface area contributed by atoms with Crippen molar-refractivity contribution in [3.05, 3.63) is 40.8 Å². The number of rotatable bonds is 9. The van der Waals surface area contributed by atoms with E-state index in [-0.39, 0.29) is 0 Å². The predicted octanol–water partition coefficient (Wildman–Crippen LogP) is 2.98. The molecule has 3 rings (SSSR count). The third-order valence-corrected chi connectivity index (χ3v) is 4.86. The summed E-state index contributed by atoms with van der Waals surface area (Å²) in [6.45, 7) is 6.86. The number of ether oxygens (including phenoxy) is 1. The lowest BCUT2D eigenvalue weighted by molar-refractivity contribution is 0.197. The summed E-state index contributed by atoms with van der Waals surface area (Å²) in [4.78, 5) is 7.14. The molecule has 7 heteroatoms. The Hall–Kier alpha value is -2.56. The minimum atomic E-state index is 0.563. The minimum Gasteiger partial charge on any atom is -0.467 e. The number of furan rings is 1. The van der Waals surface area contributed by atoms with Crippen LogP contribution in [0.4, 0.5) is 11.6 Å². The van der Waals surface area contributed by atoms with Gasteiger partial charge in [0, 0.05) is 38.9 Å². The standard InChI is InChI=1S/C20H27N5O2/c1-3-25-9-7-16-17(12-21)19(22-8-5-10-26-2)24-20(18(16)14-25)23-13-15-6-4-11-27-15/h4,6,11H,3,5,7-10,13-14H2,1-2H3,(H2,22,23,24). The zero-order valence-corrected chi connectivity index (χ0v) is 16.0. The lowest BCUT2D eigenvalue weighted by Gasteiger charge is -2.30. The van der Waals surface area contributed by atoms with Gasteiger partial charge in [-0.3, -0.25) is 4.90 Å². The fourth-order valence-corrected chi connectivity index (χ4v) is 3.36. The Kier molecular flexibility index (Phi) is 6.69. The maximum Gasteiger partial charge on any atom is 0.146 e. The van der Waals surface area contributed by atoms with Crippen LogP contribution in [-0.4, -0.2) is 43.2 Å². The first-order chi connectivity index (χ1) is 13.3. The summed E-state index contributed by atoms with van der Waals surface area (Å²) in [5, 5.41) is 16.5. The van der Waals surface area contributed by atoms with Crippen molar-refractivity contribution in [2.45, 2.75) is 32.9 Å². The summed E-state index contributed by atoms with van der Waals surface area (Å²) in [5.41, 5.74) is 2.89. The zero-order chi connectivity index (χ0) is 19.1. The van der Waals surface area contributed by atoms with Gasteiger partial charge in [-0.05, 0) is 37.1 Å². The van der Waals surface area contributed by atoms with E-state index in [9.17, 15) is 5.26 Å². The Morgan fingerprint density at radius 1 is 1.33 bits per heavy atom. The molecule has 0 atom stereocenters. The molecule has 0 aliphatic carbocycles. The molecule has 0 amide bonds. The zero-order valence-electron chi connectivity index (χ0n) is 16.0. The molecule has 0 saturated heterocycles. The van der Waals surface area contributed by atoms with E-state index in [0.29, 0.717) is 31.1 Å². The van der Waals surface area contributed by atoms with Crippen LogP contribution in [0.1, 0.15) is 35.8 Å². The van der Waals surface area contributed by atoms with Crippen LogP contribution in [0, 0.1) is 11.3 Å². The van der Waals surface area contributed by atoms with Gasteiger partial charge in [0.1, 0.15) is 23.5 Å². The number of nitrogens with zero attached hydrogens (tertiary/aromatic N) is 3. The molecule has 0 radical (unpaired) electrons. The van der Waals surface area contributed by atoms with E-state index >= 15 is 0 Å². The number of likely N-dealkylation sites (N-methyl/N-ethyl adjacent to an activating group) is 1. The number of methoxy groups -OCH3 is 1. The van der Waals surface area contributed by atoms with Gasteiger partial charge < -0.3 is 19.8 Å². The smallest absolute Gasteiger partial charge is 0.146 e. The van der Waals surface area contributed by atoms with Gasteiger partial charge in [0.2, 0.25) is 0 Å². The Balaban J connectivity index is 1.89. The molecule has 0 aromatic carbocycles. The summed E-state index contributed by atoms with van der Waals surface area (Å²) >= 11 is 0. The number of aromatic nitrogens is 1. The second kappa shape index (κ2) is 9.40. The maximum absolute atomic E-state index is 9.77. The second-order valence-electron chi connectivity index (χ2n) is 6.58. The van der Waals surface area contributed by atoms with Crippen molar-refractivity contribution < 1.29 is 9.15 Å². The van der Waals surface area contributed by atoms with Crippen molar-refractivity contribution in [2.75, 3.05) is 44.0 Å². The van der Waals surface area contributed by atoms with E-state index in [1.807, 2.05) is 12.1 Å². The molecule has 2 N–H and O–H groups in total. The molecule has 7 nitrogen and oxygen atoms in total. The van der Waals surface area contributed by atoms with Crippen LogP contribution in [0.5, 0.6) is 0 Å². The van der Waals surface area contributed by atoms with Gasteiger partial charge in [0.15, 0.2) is 0 Å². The normalized spacial score (nSPS) is 13.8. The highest BCUT2D eigenvalue weighted by Crippen LogP contribution is 2.32. The molecule has 2 aromatic heterocycles. The molecular formula is C20H27N5O2. The Morgan fingerprint density at radius 3 is 2.93 bits per heavy atom. The summed E-state index contributed by atoms with van der Waals surface area (Å²) in [6, 6.07) is 6.18. The van der Waals surface area contributed by atoms with Crippen LogP contribution in [0.3, 0.4) is 0 Å². The summed E-state index contributed by atoms with van der Waals surface area (Å²) in [6.07, 6.45) is 3.38. The number of anilines is 2. The van der Waals surface area contributed by atoms with E-state index < -0.39 is 0 Å². The molecule has 2 aromatic rings. The number of fused-ring (bicyclic) bond motifs is 1. The second-order valence-corrected chi connectivity index (χ2v) is 6.58. The molecule has 27 heavy (non-hydrogen) atoms. The van der Waals surface area contributed by atoms with Gasteiger partial charge in [-0.25, -0.2) is 4.98 Å². The van der Waals surface area contributed by atoms with Crippen LogP contribution >= 0.6 is 0 Å². The van der Waals surface area contributed by atoms with Crippen LogP contribution in [-0.2, 0) is 24.2 Å². The lowest BCUT2D eigenvalue weighted by atomic mass is 9.95. The summed E-state index contributed by atoms with van der Waals surface area (Å²) in [7, 11) is 1.69. The first kappa shape index (κ1) is 19.2. The van der Waals surface area contributed by atoms with E-state index in [2.05, 4.69) is 28.5 Å². The van der Waals surface area contributed by atoms with E-state index in [1.165, 1.54) is 0 Å². The van der Waals surface area contributed by atoms with Gasteiger partial charge in [0.05, 0.1) is 18.4 Å². The molecular weight excluding hydrogens is 342 g/mol. The van der Waals surface area contributed by atoms with Crippen molar-refractivity contribution in [2.24, 2.45) is 0 Å². The molecule has 0 fully saturated rings. The highest BCUT2D eigenvalue weighted by molar-refractivity contribution is 5.66.